The Bertz CT molecular complexity index is 795. The van der Waals surface area contributed by atoms with Crippen LogP contribution in [0, 0.1) is 16.0 Å². The number of carbonyl (C=O) groups is 2. The van der Waals surface area contributed by atoms with Crippen molar-refractivity contribution in [1.82, 2.24) is 4.90 Å². The van der Waals surface area contributed by atoms with Crippen molar-refractivity contribution < 1.29 is 28.7 Å². The van der Waals surface area contributed by atoms with Crippen molar-refractivity contribution >= 4 is 17.7 Å². The molecule has 0 saturated carbocycles. The van der Waals surface area contributed by atoms with E-state index in [4.69, 9.17) is 14.2 Å². The molecule has 0 radical (unpaired) electrons. The lowest BCUT2D eigenvalue weighted by molar-refractivity contribution is -0.385. The van der Waals surface area contributed by atoms with Gasteiger partial charge in [0.25, 0.3) is 5.69 Å². The smallest absolute Gasteiger partial charge is 0.410 e. The van der Waals surface area contributed by atoms with Crippen LogP contribution < -0.4 is 4.74 Å². The maximum atomic E-state index is 12.9. The number of rotatable bonds is 5. The lowest BCUT2D eigenvalue weighted by Gasteiger charge is -2.28. The van der Waals surface area contributed by atoms with E-state index in [2.05, 4.69) is 0 Å². The Morgan fingerprint density at radius 2 is 1.77 bits per heavy atom. The number of benzene rings is 1. The molecule has 166 valence electrons. The fraction of sp³-hybridized carbons (Fsp3) is 0.619. The average Bonchev–Trinajstić information content (AvgIpc) is 3.06. The molecule has 1 unspecified atom stereocenters. The van der Waals surface area contributed by atoms with Gasteiger partial charge in [-0.05, 0) is 54.0 Å². The van der Waals surface area contributed by atoms with Crippen LogP contribution in [-0.2, 0) is 14.3 Å². The van der Waals surface area contributed by atoms with Crippen molar-refractivity contribution in [2.45, 2.75) is 65.3 Å². The van der Waals surface area contributed by atoms with Crippen molar-refractivity contribution in [1.29, 1.82) is 0 Å². The number of nitro benzene ring substituents is 1. The van der Waals surface area contributed by atoms with Gasteiger partial charge in [0.15, 0.2) is 6.10 Å². The van der Waals surface area contributed by atoms with Crippen LogP contribution in [0.4, 0.5) is 10.5 Å². The van der Waals surface area contributed by atoms with Gasteiger partial charge in [0, 0.05) is 25.1 Å². The summed E-state index contributed by atoms with van der Waals surface area (Å²) in [5.41, 5.74) is -1.50. The molecular formula is C21H30N2O7. The summed E-state index contributed by atoms with van der Waals surface area (Å²) in [4.78, 5) is 37.3. The third-order valence-corrected chi connectivity index (χ3v) is 4.24. The molecule has 0 aromatic heterocycles. The molecule has 2 rings (SSSR count). The Morgan fingerprint density at radius 3 is 2.33 bits per heavy atom. The highest BCUT2D eigenvalue weighted by atomic mass is 16.6. The van der Waals surface area contributed by atoms with Crippen LogP contribution in [0.5, 0.6) is 5.75 Å². The topological polar surface area (TPSA) is 108 Å². The van der Waals surface area contributed by atoms with Gasteiger partial charge in [-0.3, -0.25) is 10.1 Å². The molecular weight excluding hydrogens is 392 g/mol. The number of carbonyl (C=O) groups excluding carboxylic acids is 2. The lowest BCUT2D eigenvalue weighted by Crippen LogP contribution is -2.42. The van der Waals surface area contributed by atoms with E-state index < -0.39 is 34.3 Å². The Hall–Kier alpha value is -2.84. The predicted molar refractivity (Wildman–Crippen MR) is 109 cm³/mol. The highest BCUT2D eigenvalue weighted by Crippen LogP contribution is 2.29. The first-order chi connectivity index (χ1) is 13.7. The Morgan fingerprint density at radius 1 is 1.13 bits per heavy atom. The van der Waals surface area contributed by atoms with E-state index in [1.807, 2.05) is 0 Å². The van der Waals surface area contributed by atoms with Crippen LogP contribution in [0.25, 0.3) is 0 Å². The van der Waals surface area contributed by atoms with E-state index >= 15 is 0 Å². The fourth-order valence-corrected chi connectivity index (χ4v) is 3.04. The van der Waals surface area contributed by atoms with Gasteiger partial charge in [0.1, 0.15) is 17.0 Å². The zero-order valence-electron chi connectivity index (χ0n) is 18.3. The van der Waals surface area contributed by atoms with Crippen LogP contribution in [0.2, 0.25) is 0 Å². The molecule has 9 heteroatoms. The zero-order valence-corrected chi connectivity index (χ0v) is 18.3. The molecule has 0 aliphatic carbocycles. The van der Waals surface area contributed by atoms with Gasteiger partial charge in [-0.2, -0.15) is 0 Å². The molecule has 0 N–H and O–H groups in total. The monoisotopic (exact) mass is 422 g/mol. The number of ether oxygens (including phenoxy) is 3. The molecule has 2 atom stereocenters. The van der Waals surface area contributed by atoms with Gasteiger partial charge in [-0.15, -0.1) is 0 Å². The fourth-order valence-electron chi connectivity index (χ4n) is 3.04. The first kappa shape index (κ1) is 23.4. The number of nitrogens with zero attached hydrogens (tertiary/aromatic N) is 2. The molecule has 1 saturated heterocycles. The molecule has 1 aromatic rings. The van der Waals surface area contributed by atoms with Crippen molar-refractivity contribution in [3.05, 3.63) is 34.4 Å². The minimum Gasteiger partial charge on any atom is -0.478 e. The average molecular weight is 422 g/mol. The molecule has 1 aliphatic rings. The van der Waals surface area contributed by atoms with Crippen LogP contribution in [0.15, 0.2) is 24.3 Å². The predicted octanol–water partition coefficient (Wildman–Crippen LogP) is 3.94. The van der Waals surface area contributed by atoms with E-state index in [1.165, 1.54) is 23.1 Å². The van der Waals surface area contributed by atoms with E-state index in [9.17, 15) is 19.7 Å². The number of likely N-dealkylation sites (tertiary alicyclic amines) is 1. The SMILES string of the molecule is CC(C)(C)OC(=O)C(Oc1cccc([N+](=O)[O-])c1)[C@H]1CCN(C(=O)OC(C)(C)C)C1. The zero-order chi connectivity index (χ0) is 22.7. The third-order valence-electron chi connectivity index (χ3n) is 4.24. The Balaban J connectivity index is 2.20. The third kappa shape index (κ3) is 6.89. The maximum absolute atomic E-state index is 12.9. The second kappa shape index (κ2) is 8.89. The largest absolute Gasteiger partial charge is 0.478 e. The molecule has 1 fully saturated rings. The van der Waals surface area contributed by atoms with Crippen LogP contribution in [0.3, 0.4) is 0 Å². The van der Waals surface area contributed by atoms with E-state index in [-0.39, 0.29) is 23.9 Å². The minimum atomic E-state index is -1.02. The van der Waals surface area contributed by atoms with E-state index in [1.54, 1.807) is 47.6 Å². The second-order valence-electron chi connectivity index (χ2n) is 9.30. The molecule has 9 nitrogen and oxygen atoms in total. The standard InChI is InChI=1S/C21H30N2O7/c1-20(2,3)29-18(24)17(28-16-9-7-8-15(12-16)23(26)27)14-10-11-22(13-14)19(25)30-21(4,5)6/h7-9,12,14,17H,10-11,13H2,1-6H3/t14-,17?/m0/s1. The van der Waals surface area contributed by atoms with Gasteiger partial charge >= 0.3 is 12.1 Å². The summed E-state index contributed by atoms with van der Waals surface area (Å²) in [6.45, 7) is 11.3. The highest BCUT2D eigenvalue weighted by Gasteiger charge is 2.40. The molecule has 1 aromatic carbocycles. The summed E-state index contributed by atoms with van der Waals surface area (Å²) in [6, 6.07) is 5.64. The number of hydrogen-bond donors (Lipinski definition) is 0. The van der Waals surface area contributed by atoms with Gasteiger partial charge < -0.3 is 19.1 Å². The van der Waals surface area contributed by atoms with Gasteiger partial charge in [-0.25, -0.2) is 9.59 Å². The molecule has 1 amide bonds. The number of esters is 1. The molecule has 1 heterocycles. The van der Waals surface area contributed by atoms with Gasteiger partial charge in [0.05, 0.1) is 11.0 Å². The second-order valence-corrected chi connectivity index (χ2v) is 9.30. The van der Waals surface area contributed by atoms with Crippen LogP contribution in [-0.4, -0.2) is 52.3 Å². The lowest BCUT2D eigenvalue weighted by atomic mass is 10.0. The summed E-state index contributed by atoms with van der Waals surface area (Å²) in [5, 5.41) is 11.0. The molecule has 0 spiro atoms. The number of nitro groups is 1. The number of hydrogen-bond acceptors (Lipinski definition) is 7. The first-order valence-corrected chi connectivity index (χ1v) is 9.87. The first-order valence-electron chi connectivity index (χ1n) is 9.87. The van der Waals surface area contributed by atoms with Gasteiger partial charge in [-0.1, -0.05) is 6.07 Å². The summed E-state index contributed by atoms with van der Waals surface area (Å²) in [7, 11) is 0. The highest BCUT2D eigenvalue weighted by molar-refractivity contribution is 5.76. The Labute approximate surface area is 176 Å². The molecule has 30 heavy (non-hydrogen) atoms. The minimum absolute atomic E-state index is 0.141. The summed E-state index contributed by atoms with van der Waals surface area (Å²) in [6.07, 6.45) is -0.958. The summed E-state index contributed by atoms with van der Waals surface area (Å²) < 4.78 is 16.8. The van der Waals surface area contributed by atoms with E-state index in [0.29, 0.717) is 13.0 Å². The quantitative estimate of drug-likeness (QED) is 0.402. The summed E-state index contributed by atoms with van der Waals surface area (Å²) >= 11 is 0. The number of non-ortho nitro benzene ring substituents is 1. The molecule has 0 bridgehead atoms. The summed E-state index contributed by atoms with van der Waals surface area (Å²) in [5.74, 6) is -0.729. The van der Waals surface area contributed by atoms with Crippen molar-refractivity contribution in [2.75, 3.05) is 13.1 Å². The Kier molecular flexibility index (Phi) is 6.95. The maximum Gasteiger partial charge on any atom is 0.410 e. The number of amides is 1. The molecule has 1 aliphatic heterocycles. The van der Waals surface area contributed by atoms with E-state index in [0.717, 1.165) is 0 Å². The van der Waals surface area contributed by atoms with Crippen molar-refractivity contribution in [3.8, 4) is 5.75 Å². The van der Waals surface area contributed by atoms with Crippen molar-refractivity contribution in [3.63, 3.8) is 0 Å². The normalized spacial score (nSPS) is 17.9. The van der Waals surface area contributed by atoms with Crippen molar-refractivity contribution in [2.24, 2.45) is 5.92 Å². The van der Waals surface area contributed by atoms with Gasteiger partial charge in [0.2, 0.25) is 0 Å². The van der Waals surface area contributed by atoms with Crippen LogP contribution in [0.1, 0.15) is 48.0 Å². The van der Waals surface area contributed by atoms with Crippen LogP contribution >= 0.6 is 0 Å².